The summed E-state index contributed by atoms with van der Waals surface area (Å²) >= 11 is 0. The molecule has 1 aromatic carbocycles. The molecule has 0 aromatic heterocycles. The minimum absolute atomic E-state index is 0. The molecule has 13 heavy (non-hydrogen) atoms. The molecule has 0 unspecified atom stereocenters. The molecule has 0 saturated heterocycles. The maximum atomic E-state index is 10.3. The van der Waals surface area contributed by atoms with Gasteiger partial charge in [-0.25, -0.2) is 0 Å². The van der Waals surface area contributed by atoms with Crippen LogP contribution in [0.2, 0.25) is 0 Å². The van der Waals surface area contributed by atoms with Gasteiger partial charge in [-0.15, -0.1) is 0 Å². The summed E-state index contributed by atoms with van der Waals surface area (Å²) in [6.07, 6.45) is 0.811. The molecule has 0 saturated carbocycles. The Morgan fingerprint density at radius 1 is 1.23 bits per heavy atom. The van der Waals surface area contributed by atoms with Gasteiger partial charge in [0.15, 0.2) is 0 Å². The summed E-state index contributed by atoms with van der Waals surface area (Å²) < 4.78 is 0. The van der Waals surface area contributed by atoms with E-state index >= 15 is 0 Å². The van der Waals surface area contributed by atoms with E-state index in [0.29, 0.717) is 11.0 Å². The Bertz CT molecular complexity index is 266. The van der Waals surface area contributed by atoms with Crippen molar-refractivity contribution in [2.75, 3.05) is 0 Å². The summed E-state index contributed by atoms with van der Waals surface area (Å²) in [5.41, 5.74) is 2.26. The summed E-state index contributed by atoms with van der Waals surface area (Å²) in [6.45, 7) is 1.88. The van der Waals surface area contributed by atoms with Crippen LogP contribution in [0.5, 0.6) is 0 Å². The van der Waals surface area contributed by atoms with Crippen LogP contribution >= 0.6 is 0 Å². The van der Waals surface area contributed by atoms with Crippen LogP contribution in [0.4, 0.5) is 0 Å². The van der Waals surface area contributed by atoms with Gasteiger partial charge in [0.05, 0.1) is 0 Å². The van der Waals surface area contributed by atoms with Crippen molar-refractivity contribution in [3.05, 3.63) is 29.3 Å². The second-order valence-corrected chi connectivity index (χ2v) is 2.23. The summed E-state index contributed by atoms with van der Waals surface area (Å²) in [5, 5.41) is 0. The van der Waals surface area contributed by atoms with Gasteiger partial charge in [0.2, 0.25) is 0 Å². The van der Waals surface area contributed by atoms with Gasteiger partial charge < -0.3 is 0 Å². The van der Waals surface area contributed by atoms with E-state index in [4.69, 9.17) is 7.85 Å². The summed E-state index contributed by atoms with van der Waals surface area (Å²) in [6, 6.07) is 5.28. The second-order valence-electron chi connectivity index (χ2n) is 2.23. The molecule has 0 bridgehead atoms. The van der Waals surface area contributed by atoms with E-state index in [1.165, 1.54) is 0 Å². The molecule has 0 aliphatic carbocycles. The van der Waals surface area contributed by atoms with Gasteiger partial charge in [0, 0.05) is 104 Å². The van der Waals surface area contributed by atoms with E-state index < -0.39 is 0 Å². The van der Waals surface area contributed by atoms with Crippen LogP contribution in [-0.2, 0) is 98.1 Å². The molecule has 0 heterocycles. The van der Waals surface area contributed by atoms with Crippen molar-refractivity contribution < 1.29 is 103 Å². The zero-order valence-corrected chi connectivity index (χ0v) is 16.0. The average Bonchev–Trinajstić information content (AvgIpc) is 1.94. The third-order valence-corrected chi connectivity index (χ3v) is 1.43. The van der Waals surface area contributed by atoms with Crippen LogP contribution in [0, 0.1) is 6.92 Å². The Kier molecular flexibility index (Phi) is 17.1. The van der Waals surface area contributed by atoms with Crippen LogP contribution in [0.25, 0.3) is 0 Å². The average molecular weight is 397 g/mol. The third-order valence-electron chi connectivity index (χ3n) is 1.43. The number of aryl methyl sites for hydroxylation is 1. The maximum Gasteiger partial charge on any atom is 0.150 e. The molecule has 0 spiro atoms. The Labute approximate surface area is 156 Å². The molecule has 0 fully saturated rings. The second kappa shape index (κ2) is 10.8. The van der Waals surface area contributed by atoms with Gasteiger partial charge in [0.25, 0.3) is 0 Å². The molecule has 0 N–H and O–H groups in total. The molecule has 0 amide bonds. The van der Waals surface area contributed by atoms with Gasteiger partial charge >= 0.3 is 0 Å². The molecule has 0 atom stereocenters. The number of hydrogen-bond acceptors (Lipinski definition) is 1. The number of carbonyl (C=O) groups is 1. The predicted octanol–water partition coefficient (Wildman–Crippen LogP) is 0.594. The van der Waals surface area contributed by atoms with E-state index in [9.17, 15) is 4.79 Å². The number of hydrogen-bond donors (Lipinski definition) is 0. The van der Waals surface area contributed by atoms with Crippen molar-refractivity contribution in [2.24, 2.45) is 0 Å². The first kappa shape index (κ1) is 20.7. The topological polar surface area (TPSA) is 17.1 Å². The van der Waals surface area contributed by atoms with Crippen LogP contribution in [0.15, 0.2) is 18.2 Å². The van der Waals surface area contributed by atoms with E-state index in [0.717, 1.165) is 11.8 Å². The number of carbonyl (C=O) groups excluding carboxylic acids is 1. The zero-order valence-electron chi connectivity index (χ0n) is 7.53. The molecular formula is C8H7BOY3. The van der Waals surface area contributed by atoms with Crippen LogP contribution < -0.4 is 5.46 Å². The molecular weight excluding hydrogens is 390 g/mol. The number of rotatable bonds is 1. The standard InChI is InChI=1S/C8H7BO.3Y/c1-6-2-3-8(9)4-7(6)5-10;;;/h2-5H,1H3;;;. The number of benzene rings is 1. The molecule has 1 aromatic rings. The fourth-order valence-corrected chi connectivity index (χ4v) is 0.786. The normalized spacial score (nSPS) is 7.15. The van der Waals surface area contributed by atoms with Crippen molar-refractivity contribution >= 4 is 19.6 Å². The van der Waals surface area contributed by atoms with E-state index in [2.05, 4.69) is 0 Å². The summed E-state index contributed by atoms with van der Waals surface area (Å²) in [4.78, 5) is 10.3. The molecule has 0 aliphatic rings. The smallest absolute Gasteiger partial charge is 0.150 e. The van der Waals surface area contributed by atoms with Crippen molar-refractivity contribution in [1.29, 1.82) is 0 Å². The largest absolute Gasteiger partial charge is 0.298 e. The monoisotopic (exact) mass is 397 g/mol. The van der Waals surface area contributed by atoms with Crippen molar-refractivity contribution in [3.8, 4) is 0 Å². The first-order chi connectivity index (χ1) is 4.74. The van der Waals surface area contributed by atoms with Crippen molar-refractivity contribution in [3.63, 3.8) is 0 Å². The van der Waals surface area contributed by atoms with Crippen molar-refractivity contribution in [1.82, 2.24) is 0 Å². The zero-order chi connectivity index (χ0) is 7.56. The number of aldehydes is 1. The third kappa shape index (κ3) is 7.20. The Hall–Kier alpha value is 2.27. The first-order valence-corrected chi connectivity index (χ1v) is 3.05. The fourth-order valence-electron chi connectivity index (χ4n) is 0.786. The Balaban J connectivity index is -0.000000333. The minimum atomic E-state index is 0. The van der Waals surface area contributed by atoms with Gasteiger partial charge in [0.1, 0.15) is 14.1 Å². The predicted molar refractivity (Wildman–Crippen MR) is 42.0 cm³/mol. The van der Waals surface area contributed by atoms with E-state index in [1.54, 1.807) is 12.1 Å². The molecule has 5 heteroatoms. The summed E-state index contributed by atoms with van der Waals surface area (Å²) in [5.74, 6) is 0. The quantitative estimate of drug-likeness (QED) is 0.502. The van der Waals surface area contributed by atoms with Gasteiger partial charge in [-0.05, 0) is 12.5 Å². The molecule has 1 rings (SSSR count). The summed E-state index contributed by atoms with van der Waals surface area (Å²) in [7, 11) is 5.44. The maximum absolute atomic E-state index is 10.3. The molecule has 0 aliphatic heterocycles. The van der Waals surface area contributed by atoms with E-state index in [1.807, 2.05) is 13.0 Å². The molecule has 57 valence electrons. The molecule has 5 radical (unpaired) electrons. The first-order valence-electron chi connectivity index (χ1n) is 3.05. The van der Waals surface area contributed by atoms with Gasteiger partial charge in [-0.1, -0.05) is 23.7 Å². The van der Waals surface area contributed by atoms with Crippen LogP contribution in [0.1, 0.15) is 15.9 Å². The van der Waals surface area contributed by atoms with E-state index in [-0.39, 0.29) is 98.1 Å². The molecule has 1 nitrogen and oxygen atoms in total. The van der Waals surface area contributed by atoms with Gasteiger partial charge in [-0.3, -0.25) is 4.79 Å². The Morgan fingerprint density at radius 2 is 1.77 bits per heavy atom. The van der Waals surface area contributed by atoms with Crippen LogP contribution in [0.3, 0.4) is 0 Å². The fraction of sp³-hybridized carbons (Fsp3) is 0.125. The minimum Gasteiger partial charge on any atom is -0.298 e. The SMILES string of the molecule is [B]c1ccc(C)c(C=O)c1.[Y].[Y].[Y]. The van der Waals surface area contributed by atoms with Crippen LogP contribution in [-0.4, -0.2) is 14.1 Å². The Morgan fingerprint density at radius 3 is 2.15 bits per heavy atom. The van der Waals surface area contributed by atoms with Gasteiger partial charge in [-0.2, -0.15) is 0 Å². The van der Waals surface area contributed by atoms with Crippen molar-refractivity contribution in [2.45, 2.75) is 6.92 Å².